The van der Waals surface area contributed by atoms with Gasteiger partial charge < -0.3 is 15.2 Å². The molecule has 0 spiro atoms. The summed E-state index contributed by atoms with van der Waals surface area (Å²) in [6, 6.07) is 13.3. The molecule has 0 saturated heterocycles. The fourth-order valence-corrected chi connectivity index (χ4v) is 2.23. The molecule has 22 heavy (non-hydrogen) atoms. The number of hydrogen-bond donors (Lipinski definition) is 2. The lowest BCUT2D eigenvalue weighted by Gasteiger charge is -2.16. The van der Waals surface area contributed by atoms with Gasteiger partial charge in [-0.1, -0.05) is 36.4 Å². The van der Waals surface area contributed by atoms with Crippen molar-refractivity contribution in [2.75, 3.05) is 7.05 Å². The maximum Gasteiger partial charge on any atom is 0.253 e. The summed E-state index contributed by atoms with van der Waals surface area (Å²) >= 11 is 0. The molecule has 4 nitrogen and oxygen atoms in total. The Balaban J connectivity index is 2.20. The van der Waals surface area contributed by atoms with Crippen molar-refractivity contribution in [3.63, 3.8) is 0 Å². The molecule has 1 atom stereocenters. The minimum Gasteiger partial charge on any atom is -0.489 e. The highest BCUT2D eigenvalue weighted by Gasteiger charge is 2.19. The smallest absolute Gasteiger partial charge is 0.253 e. The van der Waals surface area contributed by atoms with Gasteiger partial charge in [0.15, 0.2) is 6.10 Å². The number of nitrogens with one attached hydrogen (secondary N) is 1. The molecule has 0 saturated carbocycles. The summed E-state index contributed by atoms with van der Waals surface area (Å²) in [7, 11) is 1.50. The van der Waals surface area contributed by atoms with Gasteiger partial charge in [0, 0.05) is 7.05 Å². The molecule has 0 aliphatic heterocycles. The fourth-order valence-electron chi connectivity index (χ4n) is 2.23. The van der Waals surface area contributed by atoms with E-state index in [1.807, 2.05) is 44.2 Å². The highest BCUT2D eigenvalue weighted by molar-refractivity contribution is 5.82. The van der Waals surface area contributed by atoms with E-state index in [0.717, 1.165) is 22.4 Å². The summed E-state index contributed by atoms with van der Waals surface area (Å²) in [6.45, 7) is 4.30. The summed E-state index contributed by atoms with van der Waals surface area (Å²) in [5.41, 5.74) is 3.53. The number of aryl methyl sites for hydroxylation is 2. The van der Waals surface area contributed by atoms with Crippen LogP contribution in [0.4, 0.5) is 0 Å². The molecule has 0 radical (unpaired) electrons. The maximum atomic E-state index is 11.6. The van der Waals surface area contributed by atoms with E-state index in [2.05, 4.69) is 5.32 Å². The van der Waals surface area contributed by atoms with Crippen LogP contribution in [-0.2, 0) is 11.4 Å². The van der Waals surface area contributed by atoms with E-state index >= 15 is 0 Å². The van der Waals surface area contributed by atoms with Gasteiger partial charge in [-0.25, -0.2) is 0 Å². The zero-order valence-corrected chi connectivity index (χ0v) is 13.1. The lowest BCUT2D eigenvalue weighted by molar-refractivity contribution is -0.129. The standard InChI is InChI=1S/C18H21NO3/c1-12-8-9-13(2)16(10-12)22-11-14-6-4-5-7-15(14)17(20)18(21)19-3/h4-10,17,20H,11H2,1-3H3,(H,19,21)/t17-/m1/s1. The van der Waals surface area contributed by atoms with Crippen molar-refractivity contribution in [2.24, 2.45) is 0 Å². The number of likely N-dealkylation sites (N-methyl/N-ethyl adjacent to an activating group) is 1. The van der Waals surface area contributed by atoms with Crippen LogP contribution in [-0.4, -0.2) is 18.1 Å². The number of aliphatic hydroxyl groups is 1. The second-order valence-electron chi connectivity index (χ2n) is 5.27. The van der Waals surface area contributed by atoms with Gasteiger partial charge in [-0.3, -0.25) is 4.79 Å². The van der Waals surface area contributed by atoms with E-state index in [1.165, 1.54) is 7.05 Å². The molecule has 2 rings (SSSR count). The molecule has 0 unspecified atom stereocenters. The van der Waals surface area contributed by atoms with E-state index in [-0.39, 0.29) is 0 Å². The monoisotopic (exact) mass is 299 g/mol. The zero-order chi connectivity index (χ0) is 16.1. The van der Waals surface area contributed by atoms with Gasteiger partial charge in [0.25, 0.3) is 5.91 Å². The van der Waals surface area contributed by atoms with Gasteiger partial charge in [0.2, 0.25) is 0 Å². The van der Waals surface area contributed by atoms with Crippen LogP contribution >= 0.6 is 0 Å². The van der Waals surface area contributed by atoms with E-state index < -0.39 is 12.0 Å². The van der Waals surface area contributed by atoms with Crippen LogP contribution in [0.5, 0.6) is 5.75 Å². The van der Waals surface area contributed by atoms with Crippen LogP contribution in [0.25, 0.3) is 0 Å². The number of hydrogen-bond acceptors (Lipinski definition) is 3. The van der Waals surface area contributed by atoms with E-state index in [0.29, 0.717) is 12.2 Å². The molecule has 2 aromatic rings. The van der Waals surface area contributed by atoms with Gasteiger partial charge in [-0.2, -0.15) is 0 Å². The third kappa shape index (κ3) is 3.65. The lowest BCUT2D eigenvalue weighted by atomic mass is 10.0. The molecule has 2 aromatic carbocycles. The minimum atomic E-state index is -1.19. The lowest BCUT2D eigenvalue weighted by Crippen LogP contribution is -2.26. The van der Waals surface area contributed by atoms with Crippen LogP contribution in [0, 0.1) is 13.8 Å². The van der Waals surface area contributed by atoms with Gasteiger partial charge in [0.05, 0.1) is 0 Å². The Labute approximate surface area is 130 Å². The second-order valence-corrected chi connectivity index (χ2v) is 5.27. The van der Waals surface area contributed by atoms with Crippen LogP contribution < -0.4 is 10.1 Å². The molecule has 0 aromatic heterocycles. The predicted molar refractivity (Wildman–Crippen MR) is 85.7 cm³/mol. The van der Waals surface area contributed by atoms with Crippen molar-refractivity contribution in [2.45, 2.75) is 26.6 Å². The first-order valence-corrected chi connectivity index (χ1v) is 7.20. The minimum absolute atomic E-state index is 0.300. The summed E-state index contributed by atoms with van der Waals surface area (Å²) in [6.07, 6.45) is -1.19. The zero-order valence-electron chi connectivity index (χ0n) is 13.1. The molecular weight excluding hydrogens is 278 g/mol. The number of aliphatic hydroxyl groups excluding tert-OH is 1. The third-order valence-electron chi connectivity index (χ3n) is 3.57. The van der Waals surface area contributed by atoms with Crippen molar-refractivity contribution < 1.29 is 14.6 Å². The number of carbonyl (C=O) groups excluding carboxylic acids is 1. The van der Waals surface area contributed by atoms with Gasteiger partial charge in [-0.15, -0.1) is 0 Å². The Kier molecular flexibility index (Phi) is 5.17. The van der Waals surface area contributed by atoms with Crippen molar-refractivity contribution in [1.82, 2.24) is 5.32 Å². The average Bonchev–Trinajstić information content (AvgIpc) is 2.54. The van der Waals surface area contributed by atoms with E-state index in [1.54, 1.807) is 12.1 Å². The van der Waals surface area contributed by atoms with E-state index in [4.69, 9.17) is 4.74 Å². The molecule has 0 aliphatic carbocycles. The second kappa shape index (κ2) is 7.09. The highest BCUT2D eigenvalue weighted by atomic mass is 16.5. The first kappa shape index (κ1) is 16.0. The Morgan fingerprint density at radius 3 is 2.68 bits per heavy atom. The van der Waals surface area contributed by atoms with E-state index in [9.17, 15) is 9.90 Å². The normalized spacial score (nSPS) is 11.8. The Bertz CT molecular complexity index is 667. The van der Waals surface area contributed by atoms with Crippen LogP contribution in [0.3, 0.4) is 0 Å². The Hall–Kier alpha value is -2.33. The van der Waals surface area contributed by atoms with Gasteiger partial charge in [0.1, 0.15) is 12.4 Å². The first-order chi connectivity index (χ1) is 10.5. The van der Waals surface area contributed by atoms with Crippen LogP contribution in [0.15, 0.2) is 42.5 Å². The molecule has 116 valence electrons. The molecule has 0 aliphatic rings. The predicted octanol–water partition coefficient (Wildman–Crippen LogP) is 2.66. The largest absolute Gasteiger partial charge is 0.489 e. The molecule has 0 heterocycles. The number of carbonyl (C=O) groups is 1. The quantitative estimate of drug-likeness (QED) is 0.892. The fraction of sp³-hybridized carbons (Fsp3) is 0.278. The number of ether oxygens (including phenoxy) is 1. The molecule has 0 bridgehead atoms. The van der Waals surface area contributed by atoms with Crippen LogP contribution in [0.1, 0.15) is 28.4 Å². The van der Waals surface area contributed by atoms with Gasteiger partial charge >= 0.3 is 0 Å². The number of benzene rings is 2. The SMILES string of the molecule is CNC(=O)[C@H](O)c1ccccc1COc1cc(C)ccc1C. The topological polar surface area (TPSA) is 58.6 Å². The molecule has 2 N–H and O–H groups in total. The Morgan fingerprint density at radius 2 is 1.95 bits per heavy atom. The number of amides is 1. The highest BCUT2D eigenvalue weighted by Crippen LogP contribution is 2.23. The summed E-state index contributed by atoms with van der Waals surface area (Å²) in [4.78, 5) is 11.6. The molecule has 1 amide bonds. The molecular formula is C18H21NO3. The summed E-state index contributed by atoms with van der Waals surface area (Å²) < 4.78 is 5.87. The Morgan fingerprint density at radius 1 is 1.23 bits per heavy atom. The van der Waals surface area contributed by atoms with Crippen molar-refractivity contribution in [3.05, 3.63) is 64.7 Å². The molecule has 0 fully saturated rings. The van der Waals surface area contributed by atoms with Gasteiger partial charge in [-0.05, 0) is 42.2 Å². The first-order valence-electron chi connectivity index (χ1n) is 7.20. The maximum absolute atomic E-state index is 11.6. The van der Waals surface area contributed by atoms with Crippen molar-refractivity contribution in [1.29, 1.82) is 0 Å². The summed E-state index contributed by atoms with van der Waals surface area (Å²) in [5, 5.41) is 12.5. The third-order valence-corrected chi connectivity index (χ3v) is 3.57. The summed E-state index contributed by atoms with van der Waals surface area (Å²) in [5.74, 6) is 0.378. The van der Waals surface area contributed by atoms with Crippen molar-refractivity contribution in [3.8, 4) is 5.75 Å². The number of rotatable bonds is 5. The molecule has 4 heteroatoms. The van der Waals surface area contributed by atoms with Crippen molar-refractivity contribution >= 4 is 5.91 Å². The average molecular weight is 299 g/mol. The van der Waals surface area contributed by atoms with Crippen LogP contribution in [0.2, 0.25) is 0 Å².